The van der Waals surface area contributed by atoms with Crippen molar-refractivity contribution in [1.29, 1.82) is 0 Å². The molecule has 0 atom stereocenters. The molecule has 6 nitrogen and oxygen atoms in total. The van der Waals surface area contributed by atoms with E-state index in [0.29, 0.717) is 10.2 Å². The molecule has 2 rings (SSSR count). The van der Waals surface area contributed by atoms with Gasteiger partial charge in [0.05, 0.1) is 22.6 Å². The third-order valence-electron chi connectivity index (χ3n) is 2.04. The summed E-state index contributed by atoms with van der Waals surface area (Å²) in [5.74, 6) is 0. The van der Waals surface area contributed by atoms with Crippen molar-refractivity contribution in [1.82, 2.24) is 14.8 Å². The predicted octanol–water partition coefficient (Wildman–Crippen LogP) is 2.03. The van der Waals surface area contributed by atoms with E-state index in [9.17, 15) is 8.42 Å². The molecule has 2 aromatic rings. The van der Waals surface area contributed by atoms with Gasteiger partial charge in [-0.3, -0.25) is 9.40 Å². The van der Waals surface area contributed by atoms with Crippen molar-refractivity contribution in [3.05, 3.63) is 34.3 Å². The number of anilines is 1. The molecule has 1 N–H and O–H groups in total. The summed E-state index contributed by atoms with van der Waals surface area (Å²) in [6.07, 6.45) is 4.00. The molecular weight excluding hydrogens is 344 g/mol. The topological polar surface area (TPSA) is 76.9 Å². The third kappa shape index (κ3) is 2.82. The van der Waals surface area contributed by atoms with E-state index >= 15 is 0 Å². The average molecular weight is 352 g/mol. The van der Waals surface area contributed by atoms with Crippen molar-refractivity contribution in [3.8, 4) is 0 Å². The quantitative estimate of drug-likeness (QED) is 0.858. The zero-order chi connectivity index (χ0) is 13.3. The normalized spacial score (nSPS) is 11.5. The predicted molar refractivity (Wildman–Crippen MR) is 71.0 cm³/mol. The van der Waals surface area contributed by atoms with Crippen molar-refractivity contribution in [2.24, 2.45) is 7.05 Å². The Bertz CT molecular complexity index is 686. The molecule has 0 aliphatic heterocycles. The molecule has 0 unspecified atom stereocenters. The second-order valence-corrected chi connectivity index (χ2v) is 6.35. The van der Waals surface area contributed by atoms with Gasteiger partial charge >= 0.3 is 0 Å². The zero-order valence-electron chi connectivity index (χ0n) is 9.13. The maximum absolute atomic E-state index is 12.0. The fourth-order valence-corrected chi connectivity index (χ4v) is 2.70. The van der Waals surface area contributed by atoms with Gasteiger partial charge in [0.15, 0.2) is 0 Å². The van der Waals surface area contributed by atoms with E-state index in [4.69, 9.17) is 11.6 Å². The van der Waals surface area contributed by atoms with E-state index in [-0.39, 0.29) is 10.0 Å². The number of aryl methyl sites for hydroxylation is 1. The molecule has 0 saturated carbocycles. The first kappa shape index (κ1) is 13.3. The Morgan fingerprint density at radius 2 is 2.17 bits per heavy atom. The molecule has 0 radical (unpaired) electrons. The van der Waals surface area contributed by atoms with E-state index in [0.717, 1.165) is 0 Å². The molecule has 0 saturated heterocycles. The maximum atomic E-state index is 12.0. The molecule has 0 fully saturated rings. The van der Waals surface area contributed by atoms with Gasteiger partial charge in [0.1, 0.15) is 10.0 Å². The molecule has 0 spiro atoms. The summed E-state index contributed by atoms with van der Waals surface area (Å²) in [4.78, 5) is 3.91. The number of nitrogens with zero attached hydrogens (tertiary/aromatic N) is 3. The van der Waals surface area contributed by atoms with Gasteiger partial charge in [0, 0.05) is 13.2 Å². The van der Waals surface area contributed by atoms with Crippen molar-refractivity contribution in [3.63, 3.8) is 0 Å². The Morgan fingerprint density at radius 3 is 2.72 bits per heavy atom. The minimum Gasteiger partial charge on any atom is -0.278 e. The van der Waals surface area contributed by atoms with Crippen LogP contribution in [0.3, 0.4) is 0 Å². The van der Waals surface area contributed by atoms with Crippen molar-refractivity contribution >= 4 is 43.2 Å². The molecule has 0 aromatic carbocycles. The van der Waals surface area contributed by atoms with Crippen LogP contribution in [0.4, 0.5) is 5.69 Å². The van der Waals surface area contributed by atoms with Crippen LogP contribution in [0.2, 0.25) is 5.15 Å². The number of rotatable bonds is 3. The molecule has 9 heteroatoms. The van der Waals surface area contributed by atoms with Crippen LogP contribution >= 0.6 is 27.5 Å². The van der Waals surface area contributed by atoms with Crippen LogP contribution in [0.25, 0.3) is 0 Å². The molecule has 2 aromatic heterocycles. The monoisotopic (exact) mass is 350 g/mol. The third-order valence-corrected chi connectivity index (χ3v) is 4.51. The van der Waals surface area contributed by atoms with Gasteiger partial charge in [0.2, 0.25) is 0 Å². The summed E-state index contributed by atoms with van der Waals surface area (Å²) in [6.45, 7) is 0. The first-order chi connectivity index (χ1) is 8.38. The number of sulfonamides is 1. The summed E-state index contributed by atoms with van der Waals surface area (Å²) in [6, 6.07) is 1.53. The van der Waals surface area contributed by atoms with E-state index in [1.807, 2.05) is 0 Å². The fraction of sp³-hybridized carbons (Fsp3) is 0.111. The highest BCUT2D eigenvalue weighted by atomic mass is 79.9. The van der Waals surface area contributed by atoms with Crippen LogP contribution in [0.1, 0.15) is 0 Å². The number of hydrogen-bond acceptors (Lipinski definition) is 4. The van der Waals surface area contributed by atoms with Crippen LogP contribution < -0.4 is 4.72 Å². The molecule has 18 heavy (non-hydrogen) atoms. The number of nitrogens with one attached hydrogen (secondary N) is 1. The van der Waals surface area contributed by atoms with Gasteiger partial charge in [-0.2, -0.15) is 5.10 Å². The Balaban J connectivity index is 2.30. The standard InChI is InChI=1S/C9H8BrClN4O2S/c1-15-5-7(4-13-15)18(16,17)14-6-2-8(10)9(11)12-3-6/h2-5,14H,1H3. The zero-order valence-corrected chi connectivity index (χ0v) is 12.3. The number of aromatic nitrogens is 3. The molecule has 0 aliphatic rings. The molecule has 0 bridgehead atoms. The van der Waals surface area contributed by atoms with Crippen LogP contribution in [0.15, 0.2) is 34.0 Å². The van der Waals surface area contributed by atoms with Crippen molar-refractivity contribution in [2.75, 3.05) is 4.72 Å². The highest BCUT2D eigenvalue weighted by Crippen LogP contribution is 2.24. The van der Waals surface area contributed by atoms with E-state index in [2.05, 4.69) is 30.7 Å². The van der Waals surface area contributed by atoms with Crippen LogP contribution in [0.5, 0.6) is 0 Å². The van der Waals surface area contributed by atoms with Crippen LogP contribution in [-0.4, -0.2) is 23.2 Å². The van der Waals surface area contributed by atoms with E-state index < -0.39 is 10.0 Å². The first-order valence-electron chi connectivity index (χ1n) is 4.71. The molecule has 0 amide bonds. The number of pyridine rings is 1. The number of hydrogen-bond donors (Lipinski definition) is 1. The van der Waals surface area contributed by atoms with Crippen molar-refractivity contribution in [2.45, 2.75) is 4.90 Å². The molecular formula is C9H8BrClN4O2S. The second kappa shape index (κ2) is 4.87. The van der Waals surface area contributed by atoms with Crippen LogP contribution in [-0.2, 0) is 17.1 Å². The van der Waals surface area contributed by atoms with Gasteiger partial charge < -0.3 is 0 Å². The summed E-state index contributed by atoms with van der Waals surface area (Å²) in [5, 5.41) is 4.07. The Morgan fingerprint density at radius 1 is 1.44 bits per heavy atom. The largest absolute Gasteiger partial charge is 0.278 e. The van der Waals surface area contributed by atoms with E-state index in [1.165, 1.54) is 29.3 Å². The van der Waals surface area contributed by atoms with Gasteiger partial charge in [0.25, 0.3) is 10.0 Å². The number of halogens is 2. The van der Waals surface area contributed by atoms with Gasteiger partial charge in [-0.05, 0) is 22.0 Å². The maximum Gasteiger partial charge on any atom is 0.265 e. The first-order valence-corrected chi connectivity index (χ1v) is 7.36. The fourth-order valence-electron chi connectivity index (χ4n) is 1.23. The Hall–Kier alpha value is -1.12. The van der Waals surface area contributed by atoms with Gasteiger partial charge in [-0.15, -0.1) is 0 Å². The summed E-state index contributed by atoms with van der Waals surface area (Å²) < 4.78 is 28.2. The minimum absolute atomic E-state index is 0.0797. The van der Waals surface area contributed by atoms with Gasteiger partial charge in [-0.1, -0.05) is 11.6 Å². The Labute approximate surface area is 117 Å². The lowest BCUT2D eigenvalue weighted by atomic mass is 10.4. The van der Waals surface area contributed by atoms with E-state index in [1.54, 1.807) is 7.05 Å². The van der Waals surface area contributed by atoms with Gasteiger partial charge in [-0.25, -0.2) is 13.4 Å². The summed E-state index contributed by atoms with van der Waals surface area (Å²) in [7, 11) is -2.02. The molecule has 96 valence electrons. The highest BCUT2D eigenvalue weighted by molar-refractivity contribution is 9.10. The molecule has 2 heterocycles. The second-order valence-electron chi connectivity index (χ2n) is 3.45. The smallest absolute Gasteiger partial charge is 0.265 e. The van der Waals surface area contributed by atoms with Crippen molar-refractivity contribution < 1.29 is 8.42 Å². The average Bonchev–Trinajstić information content (AvgIpc) is 2.71. The summed E-state index contributed by atoms with van der Waals surface area (Å²) >= 11 is 8.89. The highest BCUT2D eigenvalue weighted by Gasteiger charge is 2.16. The Kier molecular flexibility index (Phi) is 3.60. The minimum atomic E-state index is -3.66. The van der Waals surface area contributed by atoms with Crippen LogP contribution in [0, 0.1) is 0 Å². The molecule has 0 aliphatic carbocycles. The lowest BCUT2D eigenvalue weighted by molar-refractivity contribution is 0.601. The SMILES string of the molecule is Cn1cc(S(=O)(=O)Nc2cnc(Cl)c(Br)c2)cn1. The summed E-state index contributed by atoms with van der Waals surface area (Å²) in [5.41, 5.74) is 0.315. The lowest BCUT2D eigenvalue weighted by Gasteiger charge is -2.06. The lowest BCUT2D eigenvalue weighted by Crippen LogP contribution is -2.12.